The molecule has 212 valence electrons. The molecule has 0 radical (unpaired) electrons. The van der Waals surface area contributed by atoms with Gasteiger partial charge < -0.3 is 19.9 Å². The lowest BCUT2D eigenvalue weighted by Gasteiger charge is -2.12. The number of carbonyl (C=O) groups excluding carboxylic acids is 1. The van der Waals surface area contributed by atoms with E-state index in [1.165, 1.54) is 0 Å². The first-order valence-electron chi connectivity index (χ1n) is 11.2. The monoisotopic (exact) mass is 559 g/mol. The van der Waals surface area contributed by atoms with E-state index in [4.69, 9.17) is 14.6 Å². The van der Waals surface area contributed by atoms with Crippen molar-refractivity contribution in [2.24, 2.45) is 0 Å². The van der Waals surface area contributed by atoms with Crippen molar-refractivity contribution in [2.45, 2.75) is 26.2 Å². The number of anilines is 1. The van der Waals surface area contributed by atoms with Crippen LogP contribution >= 0.6 is 0 Å². The Bertz CT molecular complexity index is 1190. The van der Waals surface area contributed by atoms with Crippen LogP contribution in [0.5, 0.6) is 11.5 Å². The first-order valence-corrected chi connectivity index (χ1v) is 11.2. The second-order valence-electron chi connectivity index (χ2n) is 7.73. The fourth-order valence-corrected chi connectivity index (χ4v) is 2.89. The molecule has 3 rings (SSSR count). The van der Waals surface area contributed by atoms with Gasteiger partial charge in [0.1, 0.15) is 6.29 Å². The molecule has 12 heteroatoms. The molecule has 39 heavy (non-hydrogen) atoms. The van der Waals surface area contributed by atoms with E-state index in [1.54, 1.807) is 38.5 Å². The Labute approximate surface area is 221 Å². The normalized spacial score (nSPS) is 10.7. The highest BCUT2D eigenvalue weighted by Crippen LogP contribution is 2.36. The summed E-state index contributed by atoms with van der Waals surface area (Å²) < 4.78 is 83.4. The van der Waals surface area contributed by atoms with E-state index >= 15 is 0 Å². The van der Waals surface area contributed by atoms with Crippen LogP contribution in [-0.2, 0) is 12.4 Å². The molecule has 0 aliphatic heterocycles. The van der Waals surface area contributed by atoms with Gasteiger partial charge in [-0.3, -0.25) is 4.79 Å². The molecule has 0 unspecified atom stereocenters. The van der Waals surface area contributed by atoms with Crippen LogP contribution in [0.3, 0.4) is 0 Å². The minimum Gasteiger partial charge on any atom is -0.493 e. The Balaban J connectivity index is 0.000000300. The van der Waals surface area contributed by atoms with Crippen molar-refractivity contribution >= 4 is 17.9 Å². The Morgan fingerprint density at radius 1 is 0.846 bits per heavy atom. The first-order chi connectivity index (χ1) is 18.2. The van der Waals surface area contributed by atoms with Crippen LogP contribution in [0.25, 0.3) is 0 Å². The van der Waals surface area contributed by atoms with E-state index in [-0.39, 0.29) is 12.4 Å². The largest absolute Gasteiger partial charge is 0.493 e. The molecule has 0 saturated heterocycles. The summed E-state index contributed by atoms with van der Waals surface area (Å²) in [4.78, 5) is 20.5. The summed E-state index contributed by atoms with van der Waals surface area (Å²) in [7, 11) is 3.26. The predicted molar refractivity (Wildman–Crippen MR) is 134 cm³/mol. The van der Waals surface area contributed by atoms with Gasteiger partial charge in [0.2, 0.25) is 0 Å². The third-order valence-electron chi connectivity index (χ3n) is 4.81. The second-order valence-corrected chi connectivity index (χ2v) is 7.73. The van der Waals surface area contributed by atoms with Gasteiger partial charge in [0.15, 0.2) is 11.5 Å². The molecule has 0 aromatic heterocycles. The molecule has 0 saturated carbocycles. The molecule has 2 N–H and O–H groups in total. The molecule has 0 bridgehead atoms. The summed E-state index contributed by atoms with van der Waals surface area (Å²) in [5.41, 5.74) is -1.20. The Morgan fingerprint density at radius 2 is 1.36 bits per heavy atom. The van der Waals surface area contributed by atoms with E-state index in [9.17, 15) is 35.9 Å². The lowest BCUT2D eigenvalue weighted by Crippen LogP contribution is -2.11. The molecule has 0 heterocycles. The van der Waals surface area contributed by atoms with E-state index in [0.717, 1.165) is 29.3 Å². The minimum atomic E-state index is -4.92. The number of aldehydes is 1. The quantitative estimate of drug-likeness (QED) is 0.242. The number of carboxylic acids is 1. The summed E-state index contributed by atoms with van der Waals surface area (Å²) in [5, 5.41) is 11.7. The topological polar surface area (TPSA) is 84.9 Å². The molecular formula is C27H27F6NO5. The van der Waals surface area contributed by atoms with Crippen molar-refractivity contribution in [2.75, 3.05) is 26.1 Å². The second kappa shape index (κ2) is 14.6. The summed E-state index contributed by atoms with van der Waals surface area (Å²) in [6, 6.07) is 13.2. The van der Waals surface area contributed by atoms with Gasteiger partial charge in [0.05, 0.1) is 30.9 Å². The predicted octanol–water partition coefficient (Wildman–Crippen LogP) is 7.37. The lowest BCUT2D eigenvalue weighted by atomic mass is 10.1. The molecular weight excluding hydrogens is 532 g/mol. The van der Waals surface area contributed by atoms with Gasteiger partial charge in [0.25, 0.3) is 0 Å². The third kappa shape index (κ3) is 11.0. The number of alkyl halides is 6. The van der Waals surface area contributed by atoms with E-state index in [2.05, 4.69) is 12.2 Å². The number of hydrogen-bond donors (Lipinski definition) is 2. The zero-order chi connectivity index (χ0) is 29.8. The number of ether oxygens (including phenoxy) is 2. The first kappa shape index (κ1) is 32.8. The summed E-state index contributed by atoms with van der Waals surface area (Å²) in [5.74, 6) is 0.630. The average Bonchev–Trinajstić information content (AvgIpc) is 2.88. The van der Waals surface area contributed by atoms with Crippen LogP contribution in [0.4, 0.5) is 32.0 Å². The molecule has 6 nitrogen and oxygen atoms in total. The maximum Gasteiger partial charge on any atom is 0.416 e. The molecule has 0 amide bonds. The molecule has 0 aliphatic rings. The lowest BCUT2D eigenvalue weighted by molar-refractivity contribution is -0.143. The van der Waals surface area contributed by atoms with Crippen LogP contribution < -0.4 is 14.8 Å². The Kier molecular flexibility index (Phi) is 12.3. The smallest absolute Gasteiger partial charge is 0.416 e. The van der Waals surface area contributed by atoms with Gasteiger partial charge in [-0.15, -0.1) is 0 Å². The number of nitrogens with one attached hydrogen (secondary N) is 1. The van der Waals surface area contributed by atoms with Crippen molar-refractivity contribution in [1.29, 1.82) is 0 Å². The van der Waals surface area contributed by atoms with Crippen molar-refractivity contribution in [3.8, 4) is 11.5 Å². The van der Waals surface area contributed by atoms with Gasteiger partial charge in [0, 0.05) is 23.9 Å². The summed E-state index contributed by atoms with van der Waals surface area (Å²) >= 11 is 0. The van der Waals surface area contributed by atoms with Gasteiger partial charge in [-0.2, -0.15) is 26.3 Å². The van der Waals surface area contributed by atoms with E-state index in [1.807, 2.05) is 25.1 Å². The number of carbonyl (C=O) groups is 2. The molecule has 3 aromatic rings. The van der Waals surface area contributed by atoms with Crippen LogP contribution in [0.2, 0.25) is 0 Å². The number of halogens is 6. The third-order valence-corrected chi connectivity index (χ3v) is 4.81. The highest BCUT2D eigenvalue weighted by Gasteiger charge is 2.36. The number of methoxy groups -OCH3 is 2. The minimum absolute atomic E-state index is 0.0347. The van der Waals surface area contributed by atoms with Crippen LogP contribution in [-0.4, -0.2) is 38.1 Å². The summed E-state index contributed by atoms with van der Waals surface area (Å²) in [6.45, 7) is 4.87. The molecule has 3 aromatic carbocycles. The van der Waals surface area contributed by atoms with Crippen molar-refractivity contribution in [1.82, 2.24) is 0 Å². The highest BCUT2D eigenvalue weighted by molar-refractivity contribution is 5.87. The SMILES string of the molecule is CCNc1ccc(OC)c(OC)c1.Cc1ccc(C(=O)O)cc1.O=Cc1cc(C(F)(F)F)cc(C(F)(F)F)c1. The number of hydrogen-bond acceptors (Lipinski definition) is 5. The number of aromatic carboxylic acids is 1. The molecule has 0 fully saturated rings. The average molecular weight is 560 g/mol. The number of carboxylic acid groups (broad SMARTS) is 1. The van der Waals surface area contributed by atoms with Crippen molar-refractivity contribution < 1.29 is 50.5 Å². The van der Waals surface area contributed by atoms with Gasteiger partial charge in [-0.25, -0.2) is 4.79 Å². The number of rotatable bonds is 6. The van der Waals surface area contributed by atoms with Crippen LogP contribution in [0.15, 0.2) is 60.7 Å². The fraction of sp³-hybridized carbons (Fsp3) is 0.259. The highest BCUT2D eigenvalue weighted by atomic mass is 19.4. The van der Waals surface area contributed by atoms with E-state index < -0.39 is 35.0 Å². The van der Waals surface area contributed by atoms with Crippen molar-refractivity contribution in [3.63, 3.8) is 0 Å². The number of benzene rings is 3. The molecule has 0 atom stereocenters. The van der Waals surface area contributed by atoms with Gasteiger partial charge in [-0.1, -0.05) is 17.7 Å². The van der Waals surface area contributed by atoms with Crippen LogP contribution in [0.1, 0.15) is 44.3 Å². The maximum absolute atomic E-state index is 12.2. The van der Waals surface area contributed by atoms with Crippen LogP contribution in [0, 0.1) is 6.92 Å². The maximum atomic E-state index is 12.2. The molecule has 0 spiro atoms. The zero-order valence-electron chi connectivity index (χ0n) is 21.4. The Morgan fingerprint density at radius 3 is 1.74 bits per heavy atom. The summed E-state index contributed by atoms with van der Waals surface area (Å²) in [6.07, 6.45) is -9.90. The number of aryl methyl sites for hydroxylation is 1. The van der Waals surface area contributed by atoms with Crippen molar-refractivity contribution in [3.05, 3.63) is 88.5 Å². The van der Waals surface area contributed by atoms with Gasteiger partial charge >= 0.3 is 18.3 Å². The molecule has 0 aliphatic carbocycles. The Hall–Kier alpha value is -4.22. The zero-order valence-corrected chi connectivity index (χ0v) is 21.4. The van der Waals surface area contributed by atoms with Gasteiger partial charge in [-0.05, 0) is 56.3 Å². The standard InChI is InChI=1S/C10H15NO2.C9H4F6O.C8H8O2/c1-4-11-8-5-6-9(12-2)10(7-8)13-3;10-8(11,12)6-1-5(4-16)2-7(3-6)9(13,14)15;1-6-2-4-7(5-3-6)8(9)10/h5-7,11H,4H2,1-3H3;1-4H;2-5H,1H3,(H,9,10). The van der Waals surface area contributed by atoms with E-state index in [0.29, 0.717) is 17.7 Å². The fourth-order valence-electron chi connectivity index (χ4n) is 2.89.